The van der Waals surface area contributed by atoms with Gasteiger partial charge in [0.05, 0.1) is 23.5 Å². The molecule has 0 aromatic carbocycles. The number of thiophene rings is 1. The van der Waals surface area contributed by atoms with E-state index in [1.807, 2.05) is 36.3 Å². The van der Waals surface area contributed by atoms with E-state index >= 15 is 0 Å². The zero-order valence-corrected chi connectivity index (χ0v) is 14.3. The van der Waals surface area contributed by atoms with E-state index in [1.165, 1.54) is 0 Å². The van der Waals surface area contributed by atoms with Gasteiger partial charge >= 0.3 is 0 Å². The molecule has 1 aliphatic rings. The van der Waals surface area contributed by atoms with Crippen LogP contribution >= 0.6 is 11.3 Å². The smallest absolute Gasteiger partial charge is 0.236 e. The number of aromatic nitrogens is 4. The standard InChI is InChI=1S/C16H17N5O2S/c1-10-12(17-16(23-10)13-4-3-7-24-13)8-15(22)20-5-6-21-11(2)18-19-14(21)9-20/h3-4,7H,5-6,8-9H2,1-2H3. The molecule has 0 unspecified atom stereocenters. The minimum Gasteiger partial charge on any atom is -0.440 e. The van der Waals surface area contributed by atoms with Gasteiger partial charge in [-0.2, -0.15) is 0 Å². The zero-order chi connectivity index (χ0) is 16.7. The number of hydrogen-bond acceptors (Lipinski definition) is 6. The monoisotopic (exact) mass is 343 g/mol. The Labute approximate surface area is 142 Å². The molecule has 7 nitrogen and oxygen atoms in total. The van der Waals surface area contributed by atoms with Crippen LogP contribution < -0.4 is 0 Å². The van der Waals surface area contributed by atoms with Crippen molar-refractivity contribution in [2.75, 3.05) is 6.54 Å². The number of carbonyl (C=O) groups is 1. The largest absolute Gasteiger partial charge is 0.440 e. The number of amides is 1. The van der Waals surface area contributed by atoms with Gasteiger partial charge in [-0.3, -0.25) is 4.79 Å². The second-order valence-electron chi connectivity index (χ2n) is 5.81. The first-order valence-corrected chi connectivity index (χ1v) is 8.66. The lowest BCUT2D eigenvalue weighted by Gasteiger charge is -2.27. The maximum absolute atomic E-state index is 12.6. The minimum atomic E-state index is 0.0380. The van der Waals surface area contributed by atoms with E-state index in [-0.39, 0.29) is 12.3 Å². The third-order valence-corrected chi connectivity index (χ3v) is 5.09. The predicted octanol–water partition coefficient (Wildman–Crippen LogP) is 2.20. The summed E-state index contributed by atoms with van der Waals surface area (Å²) in [7, 11) is 0. The van der Waals surface area contributed by atoms with Crippen LogP contribution in [0.15, 0.2) is 21.9 Å². The molecule has 0 bridgehead atoms. The summed E-state index contributed by atoms with van der Waals surface area (Å²) < 4.78 is 7.76. The molecule has 0 N–H and O–H groups in total. The Kier molecular flexibility index (Phi) is 3.68. The average Bonchev–Trinajstić information content (AvgIpc) is 3.29. The molecule has 0 radical (unpaired) electrons. The fourth-order valence-electron chi connectivity index (χ4n) is 2.87. The van der Waals surface area contributed by atoms with Crippen molar-refractivity contribution in [1.82, 2.24) is 24.6 Å². The maximum atomic E-state index is 12.6. The molecular weight excluding hydrogens is 326 g/mol. The lowest BCUT2D eigenvalue weighted by atomic mass is 10.2. The van der Waals surface area contributed by atoms with E-state index in [9.17, 15) is 4.79 Å². The van der Waals surface area contributed by atoms with Crippen molar-refractivity contribution in [2.45, 2.75) is 33.4 Å². The molecule has 0 aliphatic carbocycles. The van der Waals surface area contributed by atoms with Gasteiger partial charge in [-0.05, 0) is 25.3 Å². The van der Waals surface area contributed by atoms with Crippen LogP contribution in [-0.2, 0) is 24.3 Å². The molecule has 1 amide bonds. The van der Waals surface area contributed by atoms with Gasteiger partial charge in [0.15, 0.2) is 5.82 Å². The summed E-state index contributed by atoms with van der Waals surface area (Å²) in [6.45, 7) is 5.67. The molecule has 4 heterocycles. The fraction of sp³-hybridized carbons (Fsp3) is 0.375. The fourth-order valence-corrected chi connectivity index (χ4v) is 3.52. The third kappa shape index (κ3) is 2.62. The van der Waals surface area contributed by atoms with Gasteiger partial charge < -0.3 is 13.9 Å². The summed E-state index contributed by atoms with van der Waals surface area (Å²) in [6.07, 6.45) is 0.244. The van der Waals surface area contributed by atoms with Crippen LogP contribution in [0.5, 0.6) is 0 Å². The quantitative estimate of drug-likeness (QED) is 0.728. The van der Waals surface area contributed by atoms with Crippen LogP contribution in [0.4, 0.5) is 0 Å². The summed E-state index contributed by atoms with van der Waals surface area (Å²) in [4.78, 5) is 19.9. The van der Waals surface area contributed by atoms with E-state index in [2.05, 4.69) is 19.7 Å². The van der Waals surface area contributed by atoms with Gasteiger partial charge in [0.1, 0.15) is 11.6 Å². The van der Waals surface area contributed by atoms with Gasteiger partial charge in [-0.1, -0.05) is 6.07 Å². The molecule has 0 spiro atoms. The number of fused-ring (bicyclic) bond motifs is 1. The van der Waals surface area contributed by atoms with Gasteiger partial charge in [-0.25, -0.2) is 4.98 Å². The number of hydrogen-bond donors (Lipinski definition) is 0. The van der Waals surface area contributed by atoms with Crippen LogP contribution in [0.1, 0.15) is 23.1 Å². The molecule has 0 atom stereocenters. The van der Waals surface area contributed by atoms with Crippen molar-refractivity contribution >= 4 is 17.2 Å². The van der Waals surface area contributed by atoms with Gasteiger partial charge in [0.25, 0.3) is 0 Å². The zero-order valence-electron chi connectivity index (χ0n) is 13.5. The number of rotatable bonds is 3. The highest BCUT2D eigenvalue weighted by molar-refractivity contribution is 7.13. The van der Waals surface area contributed by atoms with E-state index < -0.39 is 0 Å². The molecule has 24 heavy (non-hydrogen) atoms. The number of aryl methyl sites for hydroxylation is 2. The Hall–Kier alpha value is -2.48. The number of oxazole rings is 1. The third-order valence-electron chi connectivity index (χ3n) is 4.23. The van der Waals surface area contributed by atoms with Crippen LogP contribution in [0.3, 0.4) is 0 Å². The van der Waals surface area contributed by atoms with Gasteiger partial charge in [0, 0.05) is 13.1 Å². The van der Waals surface area contributed by atoms with Gasteiger partial charge in [-0.15, -0.1) is 21.5 Å². The second-order valence-corrected chi connectivity index (χ2v) is 6.75. The molecule has 3 aromatic rings. The first-order valence-electron chi connectivity index (χ1n) is 7.78. The highest BCUT2D eigenvalue weighted by atomic mass is 32.1. The van der Waals surface area contributed by atoms with Crippen LogP contribution in [0, 0.1) is 13.8 Å². The van der Waals surface area contributed by atoms with Gasteiger partial charge in [0.2, 0.25) is 11.8 Å². The lowest BCUT2D eigenvalue weighted by Crippen LogP contribution is -2.39. The van der Waals surface area contributed by atoms with Crippen LogP contribution in [0.2, 0.25) is 0 Å². The molecule has 8 heteroatoms. The van der Waals surface area contributed by atoms with Crippen molar-refractivity contribution in [3.8, 4) is 10.8 Å². The number of nitrogens with zero attached hydrogens (tertiary/aromatic N) is 5. The van der Waals surface area contributed by atoms with Crippen LogP contribution in [0.25, 0.3) is 10.8 Å². The minimum absolute atomic E-state index is 0.0380. The molecule has 0 saturated carbocycles. The number of carbonyl (C=O) groups excluding carboxylic acids is 1. The van der Waals surface area contributed by atoms with E-state index in [0.29, 0.717) is 30.4 Å². The van der Waals surface area contributed by atoms with Crippen molar-refractivity contribution in [3.63, 3.8) is 0 Å². The predicted molar refractivity (Wildman–Crippen MR) is 88.4 cm³/mol. The SMILES string of the molecule is Cc1oc(-c2cccs2)nc1CC(=O)N1CCn2c(C)nnc2C1. The Morgan fingerprint density at radius 2 is 2.21 bits per heavy atom. The van der Waals surface area contributed by atoms with E-state index in [1.54, 1.807) is 11.3 Å². The summed E-state index contributed by atoms with van der Waals surface area (Å²) in [5.74, 6) is 3.05. The first-order chi connectivity index (χ1) is 11.6. The summed E-state index contributed by atoms with van der Waals surface area (Å²) >= 11 is 1.57. The normalized spacial score (nSPS) is 14.0. The van der Waals surface area contributed by atoms with E-state index in [4.69, 9.17) is 4.42 Å². The van der Waals surface area contributed by atoms with Crippen molar-refractivity contribution in [2.24, 2.45) is 0 Å². The lowest BCUT2D eigenvalue weighted by molar-refractivity contribution is -0.132. The maximum Gasteiger partial charge on any atom is 0.236 e. The molecule has 1 aliphatic heterocycles. The van der Waals surface area contributed by atoms with Crippen LogP contribution in [-0.4, -0.2) is 37.1 Å². The van der Waals surface area contributed by atoms with Crippen molar-refractivity contribution < 1.29 is 9.21 Å². The molecule has 124 valence electrons. The molecular formula is C16H17N5O2S. The first kappa shape index (κ1) is 15.1. The Morgan fingerprint density at radius 3 is 3.00 bits per heavy atom. The second kappa shape index (κ2) is 5.86. The van der Waals surface area contributed by atoms with E-state index in [0.717, 1.165) is 23.1 Å². The highest BCUT2D eigenvalue weighted by Gasteiger charge is 2.25. The molecule has 0 saturated heterocycles. The Bertz CT molecular complexity index is 881. The highest BCUT2D eigenvalue weighted by Crippen LogP contribution is 2.26. The molecule has 4 rings (SSSR count). The summed E-state index contributed by atoms with van der Waals surface area (Å²) in [5.41, 5.74) is 0.701. The molecule has 3 aromatic heterocycles. The average molecular weight is 343 g/mol. The summed E-state index contributed by atoms with van der Waals surface area (Å²) in [5, 5.41) is 10.2. The molecule has 0 fully saturated rings. The van der Waals surface area contributed by atoms with Crippen molar-refractivity contribution in [3.05, 3.63) is 40.6 Å². The van der Waals surface area contributed by atoms with Crippen molar-refractivity contribution in [1.29, 1.82) is 0 Å². The summed E-state index contributed by atoms with van der Waals surface area (Å²) in [6, 6.07) is 3.91. The topological polar surface area (TPSA) is 77.0 Å². The Balaban J connectivity index is 1.49. The Morgan fingerprint density at radius 1 is 1.33 bits per heavy atom.